The molecule has 1 aliphatic carbocycles. The number of aromatic nitrogens is 2. The molecule has 0 saturated heterocycles. The van der Waals surface area contributed by atoms with Crippen molar-refractivity contribution in [2.75, 3.05) is 7.05 Å². The lowest BCUT2D eigenvalue weighted by Crippen LogP contribution is -2.54. The van der Waals surface area contributed by atoms with Crippen LogP contribution in [0.5, 0.6) is 0 Å². The van der Waals surface area contributed by atoms with Crippen LogP contribution in [0.15, 0.2) is 18.2 Å². The molecule has 6 nitrogen and oxygen atoms in total. The van der Waals surface area contributed by atoms with Crippen LogP contribution in [0.1, 0.15) is 51.8 Å². The third-order valence-electron chi connectivity index (χ3n) is 5.98. The Balaban J connectivity index is 2.04. The first-order valence-corrected chi connectivity index (χ1v) is 10.7. The van der Waals surface area contributed by atoms with Crippen LogP contribution in [0.25, 0.3) is 11.3 Å². The Bertz CT molecular complexity index is 994. The molecule has 1 aromatic carbocycles. The molecule has 3 rings (SSSR count). The van der Waals surface area contributed by atoms with Crippen molar-refractivity contribution in [2.45, 2.75) is 59.4 Å². The molecule has 1 aromatic heterocycles. The summed E-state index contributed by atoms with van der Waals surface area (Å²) in [5.41, 5.74) is 2.03. The summed E-state index contributed by atoms with van der Waals surface area (Å²) in [7, 11) is 1.52. The van der Waals surface area contributed by atoms with Gasteiger partial charge in [0.15, 0.2) is 11.6 Å². The zero-order valence-electron chi connectivity index (χ0n) is 18.7. The van der Waals surface area contributed by atoms with Crippen molar-refractivity contribution in [1.82, 2.24) is 20.4 Å². The molecular formula is C23H30F2N4O2. The lowest BCUT2D eigenvalue weighted by Gasteiger charge is -2.30. The lowest BCUT2D eigenvalue weighted by atomic mass is 9.84. The molecule has 2 amide bonds. The average Bonchev–Trinajstić information content (AvgIpc) is 3.11. The molecule has 1 unspecified atom stereocenters. The van der Waals surface area contributed by atoms with Gasteiger partial charge in [-0.25, -0.2) is 13.6 Å². The Labute approximate surface area is 181 Å². The van der Waals surface area contributed by atoms with Gasteiger partial charge >= 0.3 is 6.03 Å². The van der Waals surface area contributed by atoms with Gasteiger partial charge in [-0.1, -0.05) is 34.1 Å². The fourth-order valence-electron chi connectivity index (χ4n) is 4.08. The number of likely N-dealkylation sites (N-methyl/N-ethyl adjacent to an activating group) is 1. The van der Waals surface area contributed by atoms with Gasteiger partial charge in [0.2, 0.25) is 5.91 Å². The van der Waals surface area contributed by atoms with Crippen LogP contribution in [0, 0.1) is 23.0 Å². The highest BCUT2D eigenvalue weighted by Crippen LogP contribution is 2.35. The molecule has 0 spiro atoms. The van der Waals surface area contributed by atoms with Gasteiger partial charge in [-0.15, -0.1) is 0 Å². The SMILES string of the molecule is CCC1CCc2c(c(-c3ccc(F)c(F)c3)nn2C(=O)N[C@H](C(=O)NC)C(C)(C)C)C1. The van der Waals surface area contributed by atoms with Crippen molar-refractivity contribution >= 4 is 11.9 Å². The van der Waals surface area contributed by atoms with Crippen LogP contribution in [0.3, 0.4) is 0 Å². The number of fused-ring (bicyclic) bond motifs is 1. The molecule has 2 aromatic rings. The molecule has 168 valence electrons. The molecule has 0 fully saturated rings. The Morgan fingerprint density at radius 2 is 1.97 bits per heavy atom. The van der Waals surface area contributed by atoms with Gasteiger partial charge in [0.25, 0.3) is 0 Å². The number of rotatable bonds is 4. The summed E-state index contributed by atoms with van der Waals surface area (Å²) in [6.07, 6.45) is 3.26. The molecule has 0 radical (unpaired) electrons. The second-order valence-electron chi connectivity index (χ2n) is 9.19. The molecular weight excluding hydrogens is 402 g/mol. The van der Waals surface area contributed by atoms with E-state index in [2.05, 4.69) is 22.7 Å². The van der Waals surface area contributed by atoms with E-state index < -0.39 is 29.1 Å². The quantitative estimate of drug-likeness (QED) is 0.765. The van der Waals surface area contributed by atoms with E-state index in [1.54, 1.807) is 0 Å². The summed E-state index contributed by atoms with van der Waals surface area (Å²) in [6, 6.07) is 2.38. The molecule has 31 heavy (non-hydrogen) atoms. The summed E-state index contributed by atoms with van der Waals surface area (Å²) >= 11 is 0. The van der Waals surface area contributed by atoms with E-state index in [9.17, 15) is 18.4 Å². The van der Waals surface area contributed by atoms with Crippen molar-refractivity contribution in [1.29, 1.82) is 0 Å². The van der Waals surface area contributed by atoms with Crippen LogP contribution in [-0.2, 0) is 17.6 Å². The number of nitrogens with zero attached hydrogens (tertiary/aromatic N) is 2. The number of amides is 2. The number of carbonyl (C=O) groups is 2. The van der Waals surface area contributed by atoms with Crippen molar-refractivity contribution < 1.29 is 18.4 Å². The van der Waals surface area contributed by atoms with Crippen LogP contribution in [-0.4, -0.2) is 34.8 Å². The normalized spacial score (nSPS) is 17.1. The first-order valence-electron chi connectivity index (χ1n) is 10.7. The molecule has 1 aliphatic rings. The number of carbonyl (C=O) groups excluding carboxylic acids is 2. The van der Waals surface area contributed by atoms with Gasteiger partial charge < -0.3 is 10.6 Å². The van der Waals surface area contributed by atoms with Crippen molar-refractivity contribution in [3.8, 4) is 11.3 Å². The van der Waals surface area contributed by atoms with E-state index >= 15 is 0 Å². The molecule has 1 heterocycles. The second kappa shape index (κ2) is 8.77. The second-order valence-corrected chi connectivity index (χ2v) is 9.19. The topological polar surface area (TPSA) is 76.0 Å². The van der Waals surface area contributed by atoms with Crippen molar-refractivity contribution in [3.63, 3.8) is 0 Å². The summed E-state index contributed by atoms with van der Waals surface area (Å²) in [5.74, 6) is -1.75. The minimum Gasteiger partial charge on any atom is -0.357 e. The van der Waals surface area contributed by atoms with Gasteiger partial charge in [0, 0.05) is 18.2 Å². The van der Waals surface area contributed by atoms with E-state index in [-0.39, 0.29) is 5.91 Å². The Morgan fingerprint density at radius 3 is 2.55 bits per heavy atom. The predicted octanol–water partition coefficient (Wildman–Crippen LogP) is 4.06. The smallest absolute Gasteiger partial charge is 0.343 e. The van der Waals surface area contributed by atoms with Crippen LogP contribution >= 0.6 is 0 Å². The fourth-order valence-corrected chi connectivity index (χ4v) is 4.08. The van der Waals surface area contributed by atoms with E-state index in [0.29, 0.717) is 30.0 Å². The maximum atomic E-state index is 13.9. The van der Waals surface area contributed by atoms with Crippen LogP contribution in [0.4, 0.5) is 13.6 Å². The van der Waals surface area contributed by atoms with E-state index in [1.807, 2.05) is 20.8 Å². The lowest BCUT2D eigenvalue weighted by molar-refractivity contribution is -0.124. The van der Waals surface area contributed by atoms with Crippen LogP contribution in [0.2, 0.25) is 0 Å². The van der Waals surface area contributed by atoms with E-state index in [0.717, 1.165) is 36.2 Å². The Hall–Kier alpha value is -2.77. The van der Waals surface area contributed by atoms with Gasteiger partial charge in [-0.2, -0.15) is 9.78 Å². The highest BCUT2D eigenvalue weighted by Gasteiger charge is 2.35. The first kappa shape index (κ1) is 22.9. The maximum Gasteiger partial charge on any atom is 0.343 e. The summed E-state index contributed by atoms with van der Waals surface area (Å²) in [6.45, 7) is 7.71. The van der Waals surface area contributed by atoms with Gasteiger partial charge in [0.05, 0.1) is 11.4 Å². The number of hydrogen-bond donors (Lipinski definition) is 2. The highest BCUT2D eigenvalue weighted by atomic mass is 19.2. The summed E-state index contributed by atoms with van der Waals surface area (Å²) in [5, 5.41) is 9.89. The Morgan fingerprint density at radius 1 is 1.26 bits per heavy atom. The fraction of sp³-hybridized carbons (Fsp3) is 0.522. The van der Waals surface area contributed by atoms with E-state index in [4.69, 9.17) is 0 Å². The van der Waals surface area contributed by atoms with Crippen molar-refractivity contribution in [3.05, 3.63) is 41.1 Å². The number of nitrogens with one attached hydrogen (secondary N) is 2. The number of benzene rings is 1. The monoisotopic (exact) mass is 432 g/mol. The minimum absolute atomic E-state index is 0.297. The number of halogens is 2. The molecule has 2 N–H and O–H groups in total. The summed E-state index contributed by atoms with van der Waals surface area (Å²) in [4.78, 5) is 25.5. The molecule has 2 atom stereocenters. The first-order chi connectivity index (χ1) is 14.6. The molecule has 0 bridgehead atoms. The largest absolute Gasteiger partial charge is 0.357 e. The van der Waals surface area contributed by atoms with Gasteiger partial charge in [0.1, 0.15) is 6.04 Å². The standard InChI is InChI=1S/C23H30F2N4O2/c1-6-13-7-10-18-15(11-13)19(14-8-9-16(24)17(25)12-14)28-29(18)22(31)27-20(21(30)26-5)23(2,3)4/h8-9,12-13,20H,6-7,10-11H2,1-5H3,(H,26,30)(H,27,31)/t13?,20-/m1/s1. The zero-order chi connectivity index (χ0) is 22.9. The van der Waals surface area contributed by atoms with Gasteiger partial charge in [-0.05, 0) is 48.8 Å². The average molecular weight is 433 g/mol. The number of hydrogen-bond acceptors (Lipinski definition) is 3. The predicted molar refractivity (Wildman–Crippen MR) is 115 cm³/mol. The van der Waals surface area contributed by atoms with Gasteiger partial charge in [-0.3, -0.25) is 4.79 Å². The maximum absolute atomic E-state index is 13.9. The third kappa shape index (κ3) is 4.62. The Kier molecular flexibility index (Phi) is 6.48. The highest BCUT2D eigenvalue weighted by molar-refractivity contribution is 5.88. The molecule has 0 aliphatic heterocycles. The van der Waals surface area contributed by atoms with Crippen molar-refractivity contribution in [2.24, 2.45) is 11.3 Å². The minimum atomic E-state index is -0.958. The van der Waals surface area contributed by atoms with E-state index in [1.165, 1.54) is 17.8 Å². The third-order valence-corrected chi connectivity index (χ3v) is 5.98. The molecule has 0 saturated carbocycles. The summed E-state index contributed by atoms with van der Waals surface area (Å²) < 4.78 is 28.7. The molecule has 8 heteroatoms. The van der Waals surface area contributed by atoms with Crippen LogP contribution < -0.4 is 10.6 Å². The zero-order valence-corrected chi connectivity index (χ0v) is 18.7.